The Kier molecular flexibility index (Phi) is 4.64. The lowest BCUT2D eigenvalue weighted by Crippen LogP contribution is -2.25. The average Bonchev–Trinajstić information content (AvgIpc) is 2.61. The van der Waals surface area contributed by atoms with E-state index < -0.39 is 6.10 Å². The van der Waals surface area contributed by atoms with Crippen LogP contribution >= 0.6 is 0 Å². The highest BCUT2D eigenvalue weighted by molar-refractivity contribution is 5.93. The summed E-state index contributed by atoms with van der Waals surface area (Å²) in [5.74, 6) is -0.155. The highest BCUT2D eigenvalue weighted by atomic mass is 16.3. The number of amides is 1. The van der Waals surface area contributed by atoms with Gasteiger partial charge in [-0.25, -0.2) is 0 Å². The summed E-state index contributed by atoms with van der Waals surface area (Å²) in [5.41, 5.74) is 1.46. The second kappa shape index (κ2) is 7.03. The molecule has 3 rings (SSSR count). The van der Waals surface area contributed by atoms with Crippen LogP contribution in [0.5, 0.6) is 0 Å². The van der Waals surface area contributed by atoms with Crippen LogP contribution in [-0.2, 0) is 0 Å². The third kappa shape index (κ3) is 3.55. The van der Waals surface area contributed by atoms with E-state index in [4.69, 9.17) is 0 Å². The number of aromatic nitrogens is 1. The lowest BCUT2D eigenvalue weighted by atomic mass is 9.99. The standard InChI is InChI=1S/C19H18N2O2/c22-18(10-13-21-19(23)15-8-11-20-12-9-15)17-7-3-5-14-4-1-2-6-16(14)17/h1-9,11-12,18,22H,10,13H2,(H,21,23). The number of pyridine rings is 1. The molecule has 0 aliphatic carbocycles. The molecule has 1 atom stereocenters. The summed E-state index contributed by atoms with van der Waals surface area (Å²) in [6, 6.07) is 17.2. The fourth-order valence-electron chi connectivity index (χ4n) is 2.62. The van der Waals surface area contributed by atoms with Crippen molar-refractivity contribution < 1.29 is 9.90 Å². The van der Waals surface area contributed by atoms with Crippen LogP contribution in [0.25, 0.3) is 10.8 Å². The van der Waals surface area contributed by atoms with Gasteiger partial charge in [-0.05, 0) is 34.9 Å². The molecule has 1 heterocycles. The second-order valence-corrected chi connectivity index (χ2v) is 5.36. The predicted octanol–water partition coefficient (Wildman–Crippen LogP) is 3.09. The molecule has 0 aliphatic rings. The van der Waals surface area contributed by atoms with Gasteiger partial charge in [0.05, 0.1) is 6.10 Å². The minimum absolute atomic E-state index is 0.155. The first-order chi connectivity index (χ1) is 11.3. The van der Waals surface area contributed by atoms with Crippen molar-refractivity contribution in [3.8, 4) is 0 Å². The molecule has 0 saturated carbocycles. The monoisotopic (exact) mass is 306 g/mol. The molecule has 0 saturated heterocycles. The maximum atomic E-state index is 12.0. The molecule has 4 nitrogen and oxygen atoms in total. The van der Waals surface area contributed by atoms with E-state index >= 15 is 0 Å². The van der Waals surface area contributed by atoms with Crippen LogP contribution in [0.4, 0.5) is 0 Å². The molecule has 0 radical (unpaired) electrons. The summed E-state index contributed by atoms with van der Waals surface area (Å²) < 4.78 is 0. The van der Waals surface area contributed by atoms with Gasteiger partial charge in [0, 0.05) is 24.5 Å². The molecule has 2 aromatic carbocycles. The SMILES string of the molecule is O=C(NCCC(O)c1cccc2ccccc12)c1ccncc1. The van der Waals surface area contributed by atoms with E-state index in [1.54, 1.807) is 24.5 Å². The van der Waals surface area contributed by atoms with Gasteiger partial charge >= 0.3 is 0 Å². The Hall–Kier alpha value is -2.72. The number of benzene rings is 2. The maximum absolute atomic E-state index is 12.0. The van der Waals surface area contributed by atoms with Crippen LogP contribution in [0.15, 0.2) is 67.0 Å². The maximum Gasteiger partial charge on any atom is 0.251 e. The number of carbonyl (C=O) groups excluding carboxylic acids is 1. The first-order valence-electron chi connectivity index (χ1n) is 7.59. The number of hydrogen-bond acceptors (Lipinski definition) is 3. The van der Waals surface area contributed by atoms with Gasteiger partial charge < -0.3 is 10.4 Å². The number of nitrogens with zero attached hydrogens (tertiary/aromatic N) is 1. The van der Waals surface area contributed by atoms with E-state index in [1.807, 2.05) is 42.5 Å². The van der Waals surface area contributed by atoms with Crippen molar-refractivity contribution in [3.05, 3.63) is 78.1 Å². The largest absolute Gasteiger partial charge is 0.388 e. The molecule has 23 heavy (non-hydrogen) atoms. The molecular formula is C19H18N2O2. The van der Waals surface area contributed by atoms with Crippen molar-refractivity contribution >= 4 is 16.7 Å². The molecule has 116 valence electrons. The number of aliphatic hydroxyl groups excluding tert-OH is 1. The van der Waals surface area contributed by atoms with Gasteiger partial charge in [-0.1, -0.05) is 42.5 Å². The summed E-state index contributed by atoms with van der Waals surface area (Å²) in [4.78, 5) is 15.8. The Labute approximate surface area is 134 Å². The molecule has 0 spiro atoms. The van der Waals surface area contributed by atoms with Gasteiger partial charge in [-0.3, -0.25) is 9.78 Å². The van der Waals surface area contributed by atoms with E-state index in [1.165, 1.54) is 0 Å². The first kappa shape index (κ1) is 15.2. The molecule has 3 aromatic rings. The van der Waals surface area contributed by atoms with Crippen LogP contribution in [0, 0.1) is 0 Å². The van der Waals surface area contributed by atoms with Gasteiger partial charge in [-0.15, -0.1) is 0 Å². The fourth-order valence-corrected chi connectivity index (χ4v) is 2.62. The summed E-state index contributed by atoms with van der Waals surface area (Å²) in [6.45, 7) is 0.408. The van der Waals surface area contributed by atoms with Crippen molar-refractivity contribution in [2.45, 2.75) is 12.5 Å². The van der Waals surface area contributed by atoms with Crippen LogP contribution in [-0.4, -0.2) is 22.5 Å². The third-order valence-electron chi connectivity index (χ3n) is 3.83. The molecular weight excluding hydrogens is 288 g/mol. The normalized spacial score (nSPS) is 12.0. The number of rotatable bonds is 5. The smallest absolute Gasteiger partial charge is 0.251 e. The van der Waals surface area contributed by atoms with Gasteiger partial charge in [0.15, 0.2) is 0 Å². The highest BCUT2D eigenvalue weighted by Gasteiger charge is 2.12. The first-order valence-corrected chi connectivity index (χ1v) is 7.59. The highest BCUT2D eigenvalue weighted by Crippen LogP contribution is 2.25. The van der Waals surface area contributed by atoms with E-state index in [9.17, 15) is 9.90 Å². The summed E-state index contributed by atoms with van der Waals surface area (Å²) >= 11 is 0. The average molecular weight is 306 g/mol. The quantitative estimate of drug-likeness (QED) is 0.761. The molecule has 1 unspecified atom stereocenters. The van der Waals surface area contributed by atoms with Gasteiger partial charge in [0.2, 0.25) is 0 Å². The Bertz CT molecular complexity index is 797. The zero-order valence-electron chi connectivity index (χ0n) is 12.6. The number of aliphatic hydroxyl groups is 1. The minimum Gasteiger partial charge on any atom is -0.388 e. The minimum atomic E-state index is -0.612. The van der Waals surface area contributed by atoms with Crippen molar-refractivity contribution in [2.75, 3.05) is 6.54 Å². The van der Waals surface area contributed by atoms with Gasteiger partial charge in [0.1, 0.15) is 0 Å². The number of nitrogens with one attached hydrogen (secondary N) is 1. The van der Waals surface area contributed by atoms with Crippen LogP contribution in [0.2, 0.25) is 0 Å². The molecule has 1 aromatic heterocycles. The number of carbonyl (C=O) groups is 1. The number of hydrogen-bond donors (Lipinski definition) is 2. The summed E-state index contributed by atoms with van der Waals surface area (Å²) in [5, 5.41) is 15.4. The Morgan fingerprint density at radius 3 is 2.61 bits per heavy atom. The summed E-state index contributed by atoms with van der Waals surface area (Å²) in [6.07, 6.45) is 3.02. The Morgan fingerprint density at radius 2 is 1.78 bits per heavy atom. The van der Waals surface area contributed by atoms with Crippen molar-refractivity contribution in [1.29, 1.82) is 0 Å². The van der Waals surface area contributed by atoms with E-state index in [0.717, 1.165) is 16.3 Å². The topological polar surface area (TPSA) is 62.2 Å². The van der Waals surface area contributed by atoms with Crippen molar-refractivity contribution in [3.63, 3.8) is 0 Å². The summed E-state index contributed by atoms with van der Waals surface area (Å²) in [7, 11) is 0. The Morgan fingerprint density at radius 1 is 1.04 bits per heavy atom. The zero-order valence-corrected chi connectivity index (χ0v) is 12.6. The van der Waals surface area contributed by atoms with Crippen LogP contribution in [0.3, 0.4) is 0 Å². The van der Waals surface area contributed by atoms with E-state index in [-0.39, 0.29) is 5.91 Å². The molecule has 0 aliphatic heterocycles. The lowest BCUT2D eigenvalue weighted by molar-refractivity contribution is 0.0943. The molecule has 0 bridgehead atoms. The lowest BCUT2D eigenvalue weighted by Gasteiger charge is -2.14. The molecule has 0 fully saturated rings. The number of fused-ring (bicyclic) bond motifs is 1. The molecule has 1 amide bonds. The second-order valence-electron chi connectivity index (χ2n) is 5.36. The third-order valence-corrected chi connectivity index (χ3v) is 3.83. The molecule has 2 N–H and O–H groups in total. The molecule has 4 heteroatoms. The Balaban J connectivity index is 1.63. The van der Waals surface area contributed by atoms with Gasteiger partial charge in [0.25, 0.3) is 5.91 Å². The van der Waals surface area contributed by atoms with Crippen LogP contribution in [0.1, 0.15) is 28.4 Å². The van der Waals surface area contributed by atoms with Gasteiger partial charge in [-0.2, -0.15) is 0 Å². The predicted molar refractivity (Wildman–Crippen MR) is 90.1 cm³/mol. The van der Waals surface area contributed by atoms with E-state index in [0.29, 0.717) is 18.5 Å². The fraction of sp³-hybridized carbons (Fsp3) is 0.158. The van der Waals surface area contributed by atoms with Crippen molar-refractivity contribution in [1.82, 2.24) is 10.3 Å². The zero-order chi connectivity index (χ0) is 16.1. The van der Waals surface area contributed by atoms with E-state index in [2.05, 4.69) is 10.3 Å². The van der Waals surface area contributed by atoms with Crippen LogP contribution < -0.4 is 5.32 Å². The van der Waals surface area contributed by atoms with Crippen molar-refractivity contribution in [2.24, 2.45) is 0 Å².